The van der Waals surface area contributed by atoms with Crippen molar-refractivity contribution in [1.29, 1.82) is 0 Å². The van der Waals surface area contributed by atoms with Gasteiger partial charge in [-0.05, 0) is 53.6 Å². The fraction of sp³-hybridized carbons (Fsp3) is 0.125. The number of aliphatic carboxylic acids is 1. The Morgan fingerprint density at radius 2 is 1.19 bits per heavy atom. The van der Waals surface area contributed by atoms with E-state index in [1.807, 2.05) is 0 Å². The molecule has 0 amide bonds. The van der Waals surface area contributed by atoms with Crippen LogP contribution in [-0.4, -0.2) is 40.1 Å². The second-order valence-electron chi connectivity index (χ2n) is 7.44. The zero-order chi connectivity index (χ0) is 26.9. The lowest BCUT2D eigenvalue weighted by Crippen LogP contribution is -2.10. The molecule has 13 heteroatoms. The van der Waals surface area contributed by atoms with Gasteiger partial charge in [-0.15, -0.1) is 0 Å². The molecule has 0 unspecified atom stereocenters. The highest BCUT2D eigenvalue weighted by molar-refractivity contribution is 5.82. The average molecular weight is 510 g/mol. The molecule has 0 aliphatic carbocycles. The average Bonchev–Trinajstić information content (AvgIpc) is 2.88. The van der Waals surface area contributed by atoms with Crippen molar-refractivity contribution in [3.8, 4) is 17.2 Å². The predicted molar refractivity (Wildman–Crippen MR) is 125 cm³/mol. The fourth-order valence-electron chi connectivity index (χ4n) is 3.22. The van der Waals surface area contributed by atoms with Gasteiger partial charge in [0.05, 0.1) is 21.0 Å². The largest absolute Gasteiger partial charge is 0.489 e. The topological polar surface area (TPSA) is 185 Å². The van der Waals surface area contributed by atoms with Crippen LogP contribution in [0.4, 0.5) is 11.4 Å². The van der Waals surface area contributed by atoms with Crippen molar-refractivity contribution in [1.82, 2.24) is 0 Å². The van der Waals surface area contributed by atoms with Gasteiger partial charge in [0.25, 0.3) is 11.4 Å². The number of carbonyl (C=O) groups excluding carboxylic acids is 2. The van der Waals surface area contributed by atoms with E-state index in [9.17, 15) is 34.6 Å². The molecule has 0 atom stereocenters. The number of nitro groups is 2. The van der Waals surface area contributed by atoms with Crippen LogP contribution in [0, 0.1) is 20.2 Å². The van der Waals surface area contributed by atoms with Crippen LogP contribution in [0.25, 0.3) is 0 Å². The van der Waals surface area contributed by atoms with Crippen molar-refractivity contribution in [2.45, 2.75) is 13.2 Å². The molecule has 0 radical (unpaired) electrons. The van der Waals surface area contributed by atoms with Gasteiger partial charge in [-0.2, -0.15) is 0 Å². The van der Waals surface area contributed by atoms with Gasteiger partial charge in [0.1, 0.15) is 30.5 Å². The Kier molecular flexibility index (Phi) is 8.44. The maximum Gasteiger partial charge on any atom is 0.341 e. The highest BCUT2D eigenvalue weighted by atomic mass is 16.6. The number of hydrogen-bond donors (Lipinski definition) is 1. The summed E-state index contributed by atoms with van der Waals surface area (Å²) >= 11 is 0. The van der Waals surface area contributed by atoms with E-state index in [1.54, 1.807) is 6.07 Å². The first kappa shape index (κ1) is 26.3. The number of rotatable bonds is 13. The van der Waals surface area contributed by atoms with Gasteiger partial charge in [-0.1, -0.05) is 0 Å². The van der Waals surface area contributed by atoms with Crippen LogP contribution < -0.4 is 14.2 Å². The molecule has 1 N–H and O–H groups in total. The van der Waals surface area contributed by atoms with E-state index in [-0.39, 0.29) is 53.0 Å². The van der Waals surface area contributed by atoms with Crippen molar-refractivity contribution in [3.63, 3.8) is 0 Å². The molecule has 3 rings (SSSR count). The molecule has 0 fully saturated rings. The number of benzene rings is 3. The van der Waals surface area contributed by atoms with Crippen LogP contribution in [0.5, 0.6) is 17.2 Å². The zero-order valence-corrected chi connectivity index (χ0v) is 18.9. The second-order valence-corrected chi connectivity index (χ2v) is 7.44. The van der Waals surface area contributed by atoms with E-state index in [0.29, 0.717) is 23.7 Å². The normalized spacial score (nSPS) is 10.3. The number of aldehydes is 2. The van der Waals surface area contributed by atoms with Crippen molar-refractivity contribution in [2.75, 3.05) is 6.61 Å². The Bertz CT molecular complexity index is 1280. The molecule has 0 saturated heterocycles. The first-order valence-electron chi connectivity index (χ1n) is 10.4. The molecular formula is C24H18N2O11. The third-order valence-corrected chi connectivity index (χ3v) is 4.84. The van der Waals surface area contributed by atoms with Crippen LogP contribution in [0.1, 0.15) is 31.8 Å². The minimum absolute atomic E-state index is 0.0692. The number of ether oxygens (including phenoxy) is 3. The third kappa shape index (κ3) is 7.08. The van der Waals surface area contributed by atoms with Crippen molar-refractivity contribution in [2.24, 2.45) is 0 Å². The second kappa shape index (κ2) is 11.9. The van der Waals surface area contributed by atoms with Crippen LogP contribution in [0.2, 0.25) is 0 Å². The van der Waals surface area contributed by atoms with Gasteiger partial charge in [-0.25, -0.2) is 4.79 Å². The first-order chi connectivity index (χ1) is 17.7. The molecule has 0 aromatic heterocycles. The summed E-state index contributed by atoms with van der Waals surface area (Å²) in [4.78, 5) is 53.8. The van der Waals surface area contributed by atoms with Crippen molar-refractivity contribution in [3.05, 3.63) is 97.1 Å². The summed E-state index contributed by atoms with van der Waals surface area (Å²) in [5.74, 6) is -0.625. The smallest absolute Gasteiger partial charge is 0.341 e. The molecule has 3 aromatic carbocycles. The monoisotopic (exact) mass is 510 g/mol. The number of carboxylic acid groups (broad SMARTS) is 1. The Hall–Kier alpha value is -5.33. The minimum Gasteiger partial charge on any atom is -0.489 e. The lowest BCUT2D eigenvalue weighted by atomic mass is 10.1. The summed E-state index contributed by atoms with van der Waals surface area (Å²) in [6.07, 6.45) is 0.685. The molecule has 0 saturated carbocycles. The lowest BCUT2D eigenvalue weighted by molar-refractivity contribution is -0.385. The van der Waals surface area contributed by atoms with E-state index >= 15 is 0 Å². The Morgan fingerprint density at radius 3 is 1.57 bits per heavy atom. The van der Waals surface area contributed by atoms with Gasteiger partial charge < -0.3 is 19.3 Å². The number of carboxylic acids is 1. The van der Waals surface area contributed by atoms with E-state index in [0.717, 1.165) is 12.1 Å². The molecule has 0 aliphatic rings. The molecular weight excluding hydrogens is 492 g/mol. The maximum atomic E-state index is 11.2. The molecule has 0 bridgehead atoms. The van der Waals surface area contributed by atoms with Crippen LogP contribution >= 0.6 is 0 Å². The summed E-state index contributed by atoms with van der Waals surface area (Å²) < 4.78 is 16.5. The summed E-state index contributed by atoms with van der Waals surface area (Å²) in [5.41, 5.74) is -0.0138. The molecule has 37 heavy (non-hydrogen) atoms. The molecule has 0 heterocycles. The highest BCUT2D eigenvalue weighted by Gasteiger charge is 2.16. The quantitative estimate of drug-likeness (QED) is 0.200. The van der Waals surface area contributed by atoms with Gasteiger partial charge >= 0.3 is 5.97 Å². The number of hydrogen-bond acceptors (Lipinski definition) is 10. The SMILES string of the molecule is O=Cc1cc(OCc2cc(COc3ccc([N+](=O)[O-])c(C=O)c3)cc(OCC(=O)O)c2)ccc1[N+](=O)[O-]. The van der Waals surface area contributed by atoms with Gasteiger partial charge in [0, 0.05) is 12.1 Å². The van der Waals surface area contributed by atoms with E-state index in [2.05, 4.69) is 0 Å². The maximum absolute atomic E-state index is 11.2. The van der Waals surface area contributed by atoms with Crippen LogP contribution in [0.15, 0.2) is 54.6 Å². The first-order valence-corrected chi connectivity index (χ1v) is 10.4. The molecule has 190 valence electrons. The van der Waals surface area contributed by atoms with Crippen LogP contribution in [0.3, 0.4) is 0 Å². The molecule has 0 aliphatic heterocycles. The zero-order valence-electron chi connectivity index (χ0n) is 18.9. The van der Waals surface area contributed by atoms with Gasteiger partial charge in [0.15, 0.2) is 19.2 Å². The van der Waals surface area contributed by atoms with Gasteiger partial charge in [0.2, 0.25) is 0 Å². The number of nitro benzene ring substituents is 2. The standard InChI is InChI=1S/C24H18N2O11/c27-10-17-8-19(1-3-22(17)25(31)32)35-12-15-5-16(7-21(6-15)37-14-24(29)30)13-36-20-2-4-23(26(33)34)18(9-20)11-28/h1-11H,12-14H2,(H,29,30). The Balaban J connectivity index is 1.80. The number of nitrogens with zero attached hydrogens (tertiary/aromatic N) is 2. The summed E-state index contributed by atoms with van der Waals surface area (Å²) in [5, 5.41) is 30.9. The third-order valence-electron chi connectivity index (χ3n) is 4.84. The number of carbonyl (C=O) groups is 3. The van der Waals surface area contributed by atoms with E-state index < -0.39 is 22.4 Å². The van der Waals surface area contributed by atoms with Crippen molar-refractivity contribution >= 4 is 29.9 Å². The molecule has 0 spiro atoms. The fourth-order valence-corrected chi connectivity index (χ4v) is 3.22. The molecule has 3 aromatic rings. The summed E-state index contributed by atoms with van der Waals surface area (Å²) in [6.45, 7) is -0.749. The van der Waals surface area contributed by atoms with Crippen LogP contribution in [-0.2, 0) is 18.0 Å². The van der Waals surface area contributed by atoms with E-state index in [4.69, 9.17) is 19.3 Å². The lowest BCUT2D eigenvalue weighted by Gasteiger charge is -2.13. The highest BCUT2D eigenvalue weighted by Crippen LogP contribution is 2.26. The predicted octanol–water partition coefficient (Wildman–Crippen LogP) is 3.75. The Labute approximate surface area is 208 Å². The molecule has 13 nitrogen and oxygen atoms in total. The minimum atomic E-state index is -1.20. The summed E-state index contributed by atoms with van der Waals surface area (Å²) in [6, 6.07) is 12.1. The van der Waals surface area contributed by atoms with Gasteiger partial charge in [-0.3, -0.25) is 29.8 Å². The summed E-state index contributed by atoms with van der Waals surface area (Å²) in [7, 11) is 0. The van der Waals surface area contributed by atoms with Crippen molar-refractivity contribution < 1.29 is 43.5 Å². The Morgan fingerprint density at radius 1 is 0.730 bits per heavy atom. The van der Waals surface area contributed by atoms with E-state index in [1.165, 1.54) is 36.4 Å².